The number of carbonyl (C=O) groups excluding carboxylic acids is 2. The standard InChI is InChI=1S/C28H28N2O4/c29-18-20-10-12-22(13-11-20)27(32)30-16-4-7-24(21-5-2-1-3-6-21)26(30)25(31)17-19-8-14-23(15-9-19)28(33)34/h1-3,5-6,8-15,24,26H,4,7,16-18,29H2,(H,33,34). The number of hydrogen-bond acceptors (Lipinski definition) is 4. The van der Waals surface area contributed by atoms with Crippen molar-refractivity contribution < 1.29 is 19.5 Å². The lowest BCUT2D eigenvalue weighted by atomic mass is 9.80. The van der Waals surface area contributed by atoms with E-state index in [1.165, 1.54) is 12.1 Å². The van der Waals surface area contributed by atoms with E-state index in [1.807, 2.05) is 42.5 Å². The molecule has 2 atom stereocenters. The molecule has 6 nitrogen and oxygen atoms in total. The SMILES string of the molecule is NCc1ccc(C(=O)N2CCCC(c3ccccc3)C2C(=O)Cc2ccc(C(=O)O)cc2)cc1. The van der Waals surface area contributed by atoms with E-state index >= 15 is 0 Å². The van der Waals surface area contributed by atoms with Crippen LogP contribution in [0.2, 0.25) is 0 Å². The molecule has 1 aliphatic rings. The number of carboxylic acid groups (broad SMARTS) is 1. The fraction of sp³-hybridized carbons (Fsp3) is 0.250. The molecule has 1 fully saturated rings. The molecule has 3 aromatic carbocycles. The highest BCUT2D eigenvalue weighted by atomic mass is 16.4. The number of carboxylic acids is 1. The van der Waals surface area contributed by atoms with Crippen LogP contribution in [-0.2, 0) is 17.8 Å². The third-order valence-corrected chi connectivity index (χ3v) is 6.47. The van der Waals surface area contributed by atoms with Crippen molar-refractivity contribution in [1.82, 2.24) is 4.90 Å². The maximum absolute atomic E-state index is 13.7. The number of carbonyl (C=O) groups is 3. The first-order valence-corrected chi connectivity index (χ1v) is 11.5. The second-order valence-corrected chi connectivity index (χ2v) is 8.65. The fourth-order valence-electron chi connectivity index (χ4n) is 4.69. The van der Waals surface area contributed by atoms with Crippen molar-refractivity contribution in [2.24, 2.45) is 5.73 Å². The Morgan fingerprint density at radius 1 is 0.853 bits per heavy atom. The molecule has 0 aliphatic carbocycles. The molecule has 0 bridgehead atoms. The van der Waals surface area contributed by atoms with E-state index in [-0.39, 0.29) is 29.6 Å². The van der Waals surface area contributed by atoms with E-state index in [2.05, 4.69) is 0 Å². The maximum Gasteiger partial charge on any atom is 0.335 e. The van der Waals surface area contributed by atoms with Crippen LogP contribution >= 0.6 is 0 Å². The molecule has 4 rings (SSSR count). The summed E-state index contributed by atoms with van der Waals surface area (Å²) in [7, 11) is 0. The number of aromatic carboxylic acids is 1. The van der Waals surface area contributed by atoms with Gasteiger partial charge in [-0.2, -0.15) is 0 Å². The predicted octanol–water partition coefficient (Wildman–Crippen LogP) is 4.04. The van der Waals surface area contributed by atoms with Gasteiger partial charge in [0.05, 0.1) is 11.6 Å². The van der Waals surface area contributed by atoms with E-state index in [9.17, 15) is 14.4 Å². The molecule has 0 spiro atoms. The molecule has 0 saturated carbocycles. The highest BCUT2D eigenvalue weighted by molar-refractivity contribution is 5.99. The predicted molar refractivity (Wildman–Crippen MR) is 130 cm³/mol. The van der Waals surface area contributed by atoms with Gasteiger partial charge in [0.15, 0.2) is 5.78 Å². The number of benzene rings is 3. The van der Waals surface area contributed by atoms with E-state index in [0.29, 0.717) is 18.7 Å². The van der Waals surface area contributed by atoms with Crippen LogP contribution in [0.4, 0.5) is 0 Å². The number of likely N-dealkylation sites (tertiary alicyclic amines) is 1. The fourth-order valence-corrected chi connectivity index (χ4v) is 4.69. The Labute approximate surface area is 199 Å². The molecule has 3 N–H and O–H groups in total. The van der Waals surface area contributed by atoms with Crippen molar-refractivity contribution in [3.05, 3.63) is 107 Å². The summed E-state index contributed by atoms with van der Waals surface area (Å²) < 4.78 is 0. The Bertz CT molecular complexity index is 1160. The Morgan fingerprint density at radius 2 is 1.47 bits per heavy atom. The topological polar surface area (TPSA) is 101 Å². The van der Waals surface area contributed by atoms with Crippen molar-refractivity contribution in [2.45, 2.75) is 37.8 Å². The number of rotatable bonds is 7. The van der Waals surface area contributed by atoms with Crippen LogP contribution in [0.3, 0.4) is 0 Å². The van der Waals surface area contributed by atoms with E-state index in [4.69, 9.17) is 10.8 Å². The maximum atomic E-state index is 13.7. The summed E-state index contributed by atoms with van der Waals surface area (Å²) in [6.45, 7) is 0.908. The third kappa shape index (κ3) is 5.07. The third-order valence-electron chi connectivity index (χ3n) is 6.47. The summed E-state index contributed by atoms with van der Waals surface area (Å²) in [5.41, 5.74) is 9.11. The van der Waals surface area contributed by atoms with E-state index in [1.54, 1.807) is 29.2 Å². The average Bonchev–Trinajstić information content (AvgIpc) is 2.88. The monoisotopic (exact) mass is 456 g/mol. The number of piperidine rings is 1. The highest BCUT2D eigenvalue weighted by Gasteiger charge is 2.39. The van der Waals surface area contributed by atoms with Crippen LogP contribution in [0.25, 0.3) is 0 Å². The van der Waals surface area contributed by atoms with Crippen LogP contribution in [0.1, 0.15) is 56.2 Å². The second-order valence-electron chi connectivity index (χ2n) is 8.65. The molecule has 1 saturated heterocycles. The average molecular weight is 457 g/mol. The van der Waals surface area contributed by atoms with Crippen molar-refractivity contribution >= 4 is 17.7 Å². The zero-order chi connectivity index (χ0) is 24.1. The minimum absolute atomic E-state index is 0.0523. The Balaban J connectivity index is 1.65. The van der Waals surface area contributed by atoms with Gasteiger partial charge in [0.25, 0.3) is 5.91 Å². The first-order valence-electron chi connectivity index (χ1n) is 11.5. The van der Waals surface area contributed by atoms with Gasteiger partial charge in [-0.15, -0.1) is 0 Å². The van der Waals surface area contributed by atoms with Crippen molar-refractivity contribution in [2.75, 3.05) is 6.54 Å². The van der Waals surface area contributed by atoms with E-state index < -0.39 is 12.0 Å². The van der Waals surface area contributed by atoms with Crippen molar-refractivity contribution in [3.8, 4) is 0 Å². The normalized spacial score (nSPS) is 17.9. The minimum atomic E-state index is -1.01. The zero-order valence-corrected chi connectivity index (χ0v) is 18.9. The van der Waals surface area contributed by atoms with Crippen molar-refractivity contribution in [3.63, 3.8) is 0 Å². The minimum Gasteiger partial charge on any atom is -0.478 e. The Hall–Kier alpha value is -3.77. The summed E-state index contributed by atoms with van der Waals surface area (Å²) in [6.07, 6.45) is 1.75. The molecular weight excluding hydrogens is 428 g/mol. The van der Waals surface area contributed by atoms with Crippen LogP contribution in [0.15, 0.2) is 78.9 Å². The first-order chi connectivity index (χ1) is 16.5. The highest BCUT2D eigenvalue weighted by Crippen LogP contribution is 2.34. The van der Waals surface area contributed by atoms with Gasteiger partial charge >= 0.3 is 5.97 Å². The van der Waals surface area contributed by atoms with Gasteiger partial charge in [-0.1, -0.05) is 54.6 Å². The van der Waals surface area contributed by atoms with Gasteiger partial charge in [0, 0.05) is 31.0 Å². The summed E-state index contributed by atoms with van der Waals surface area (Å²) in [4.78, 5) is 40.1. The van der Waals surface area contributed by atoms with Gasteiger partial charge in [-0.05, 0) is 53.8 Å². The molecule has 174 valence electrons. The van der Waals surface area contributed by atoms with Gasteiger partial charge in [0.1, 0.15) is 0 Å². The number of amides is 1. The summed E-state index contributed by atoms with van der Waals surface area (Å²) in [5.74, 6) is -1.33. The summed E-state index contributed by atoms with van der Waals surface area (Å²) in [6, 6.07) is 22.8. The Kier molecular flexibility index (Phi) is 7.18. The summed E-state index contributed by atoms with van der Waals surface area (Å²) >= 11 is 0. The summed E-state index contributed by atoms with van der Waals surface area (Å²) in [5, 5.41) is 9.14. The van der Waals surface area contributed by atoms with E-state index in [0.717, 1.165) is 29.5 Å². The molecule has 2 unspecified atom stereocenters. The molecule has 6 heteroatoms. The zero-order valence-electron chi connectivity index (χ0n) is 18.9. The largest absolute Gasteiger partial charge is 0.478 e. The molecule has 1 amide bonds. The van der Waals surface area contributed by atoms with Gasteiger partial charge in [-0.25, -0.2) is 4.79 Å². The molecule has 0 radical (unpaired) electrons. The lowest BCUT2D eigenvalue weighted by Crippen LogP contribution is -2.52. The lowest BCUT2D eigenvalue weighted by Gasteiger charge is -2.41. The smallest absolute Gasteiger partial charge is 0.335 e. The molecule has 1 heterocycles. The molecule has 0 aromatic heterocycles. The van der Waals surface area contributed by atoms with Crippen molar-refractivity contribution in [1.29, 1.82) is 0 Å². The number of ketones is 1. The molecule has 1 aliphatic heterocycles. The number of hydrogen-bond donors (Lipinski definition) is 2. The number of nitrogens with two attached hydrogens (primary N) is 1. The van der Waals surface area contributed by atoms with Crippen LogP contribution < -0.4 is 5.73 Å². The lowest BCUT2D eigenvalue weighted by molar-refractivity contribution is -0.124. The number of nitrogens with zero attached hydrogens (tertiary/aromatic N) is 1. The first kappa shape index (κ1) is 23.4. The second kappa shape index (κ2) is 10.4. The molecular formula is C28H28N2O4. The Morgan fingerprint density at radius 3 is 2.09 bits per heavy atom. The van der Waals surface area contributed by atoms with Gasteiger partial charge < -0.3 is 15.7 Å². The van der Waals surface area contributed by atoms with Crippen LogP contribution in [-0.4, -0.2) is 40.3 Å². The van der Waals surface area contributed by atoms with Crippen LogP contribution in [0, 0.1) is 0 Å². The molecule has 3 aromatic rings. The van der Waals surface area contributed by atoms with Crippen LogP contribution in [0.5, 0.6) is 0 Å². The number of Topliss-reactive ketones (excluding diaryl/α,β-unsaturated/α-hetero) is 1. The van der Waals surface area contributed by atoms with Gasteiger partial charge in [0.2, 0.25) is 0 Å². The quantitative estimate of drug-likeness (QED) is 0.559. The van der Waals surface area contributed by atoms with Gasteiger partial charge in [-0.3, -0.25) is 9.59 Å². The molecule has 34 heavy (non-hydrogen) atoms.